The maximum atomic E-state index is 12.5. The van der Waals surface area contributed by atoms with Crippen molar-refractivity contribution in [2.45, 2.75) is 51.1 Å². The molecular formula is C18H27N3O2. The average molecular weight is 317 g/mol. The van der Waals surface area contributed by atoms with Crippen LogP contribution in [0.4, 0.5) is 0 Å². The van der Waals surface area contributed by atoms with E-state index in [1.807, 2.05) is 42.2 Å². The van der Waals surface area contributed by atoms with Crippen molar-refractivity contribution in [2.75, 3.05) is 13.1 Å². The summed E-state index contributed by atoms with van der Waals surface area (Å²) in [5.41, 5.74) is 7.12. The van der Waals surface area contributed by atoms with Crippen LogP contribution in [0.1, 0.15) is 50.6 Å². The van der Waals surface area contributed by atoms with Gasteiger partial charge in [0.15, 0.2) is 0 Å². The number of nitrogens with zero attached hydrogens (tertiary/aromatic N) is 1. The normalized spacial score (nSPS) is 19.2. The van der Waals surface area contributed by atoms with Gasteiger partial charge in [0.05, 0.1) is 0 Å². The fraction of sp³-hybridized carbons (Fsp3) is 0.556. The Morgan fingerprint density at radius 1 is 1.35 bits per heavy atom. The molecule has 1 fully saturated rings. The van der Waals surface area contributed by atoms with Crippen LogP contribution in [0, 0.1) is 0 Å². The summed E-state index contributed by atoms with van der Waals surface area (Å²) < 4.78 is 0. The van der Waals surface area contributed by atoms with Gasteiger partial charge in [-0.15, -0.1) is 0 Å². The SMILES string of the molecule is CCCC(=O)NC1CCCN(C(=O)CC(N)c2ccccc2)C1. The van der Waals surface area contributed by atoms with Crippen molar-refractivity contribution in [3.63, 3.8) is 0 Å². The van der Waals surface area contributed by atoms with E-state index in [9.17, 15) is 9.59 Å². The Balaban J connectivity index is 1.85. The van der Waals surface area contributed by atoms with E-state index in [0.29, 0.717) is 19.4 Å². The van der Waals surface area contributed by atoms with Crippen LogP contribution in [0.5, 0.6) is 0 Å². The van der Waals surface area contributed by atoms with E-state index in [2.05, 4.69) is 5.32 Å². The van der Waals surface area contributed by atoms with Gasteiger partial charge in [-0.25, -0.2) is 0 Å². The minimum atomic E-state index is -0.279. The Bertz CT molecular complexity index is 518. The lowest BCUT2D eigenvalue weighted by atomic mass is 10.0. The molecule has 1 saturated heterocycles. The highest BCUT2D eigenvalue weighted by Crippen LogP contribution is 2.17. The molecule has 0 bridgehead atoms. The lowest BCUT2D eigenvalue weighted by Gasteiger charge is -2.33. The number of likely N-dealkylation sites (tertiary alicyclic amines) is 1. The molecule has 2 unspecified atom stereocenters. The van der Waals surface area contributed by atoms with Crippen molar-refractivity contribution >= 4 is 11.8 Å². The summed E-state index contributed by atoms with van der Waals surface area (Å²) in [7, 11) is 0. The van der Waals surface area contributed by atoms with Crippen molar-refractivity contribution in [1.29, 1.82) is 0 Å². The van der Waals surface area contributed by atoms with Crippen molar-refractivity contribution in [3.8, 4) is 0 Å². The monoisotopic (exact) mass is 317 g/mol. The second-order valence-corrected chi connectivity index (χ2v) is 6.22. The van der Waals surface area contributed by atoms with E-state index in [1.165, 1.54) is 0 Å². The van der Waals surface area contributed by atoms with Crippen molar-refractivity contribution in [2.24, 2.45) is 5.73 Å². The van der Waals surface area contributed by atoms with Crippen LogP contribution in [-0.2, 0) is 9.59 Å². The minimum absolute atomic E-state index is 0.0655. The molecule has 0 spiro atoms. The summed E-state index contributed by atoms with van der Waals surface area (Å²) in [6.07, 6.45) is 3.55. The van der Waals surface area contributed by atoms with Gasteiger partial charge < -0.3 is 16.0 Å². The van der Waals surface area contributed by atoms with Crippen molar-refractivity contribution < 1.29 is 9.59 Å². The van der Waals surface area contributed by atoms with Crippen LogP contribution < -0.4 is 11.1 Å². The predicted molar refractivity (Wildman–Crippen MR) is 90.6 cm³/mol. The largest absolute Gasteiger partial charge is 0.352 e. The molecule has 23 heavy (non-hydrogen) atoms. The number of carbonyl (C=O) groups is 2. The van der Waals surface area contributed by atoms with Gasteiger partial charge in [0.1, 0.15) is 0 Å². The molecule has 0 aliphatic carbocycles. The lowest BCUT2D eigenvalue weighted by Crippen LogP contribution is -2.50. The molecule has 1 aliphatic heterocycles. The highest BCUT2D eigenvalue weighted by Gasteiger charge is 2.25. The first kappa shape index (κ1) is 17.5. The topological polar surface area (TPSA) is 75.4 Å². The van der Waals surface area contributed by atoms with Crippen molar-refractivity contribution in [3.05, 3.63) is 35.9 Å². The van der Waals surface area contributed by atoms with Crippen LogP contribution in [0.25, 0.3) is 0 Å². The highest BCUT2D eigenvalue weighted by atomic mass is 16.2. The molecule has 0 aromatic heterocycles. The molecular weight excluding hydrogens is 290 g/mol. The molecule has 1 heterocycles. The summed E-state index contributed by atoms with van der Waals surface area (Å²) in [4.78, 5) is 26.0. The van der Waals surface area contributed by atoms with Gasteiger partial charge in [0.25, 0.3) is 0 Å². The molecule has 126 valence electrons. The number of nitrogens with one attached hydrogen (secondary N) is 1. The van der Waals surface area contributed by atoms with Crippen molar-refractivity contribution in [1.82, 2.24) is 10.2 Å². The zero-order chi connectivity index (χ0) is 16.7. The second kappa shape index (κ2) is 8.67. The fourth-order valence-corrected chi connectivity index (χ4v) is 2.98. The molecule has 1 aromatic carbocycles. The Morgan fingerprint density at radius 2 is 2.09 bits per heavy atom. The molecule has 1 aromatic rings. The first-order valence-electron chi connectivity index (χ1n) is 8.47. The summed E-state index contributed by atoms with van der Waals surface area (Å²) in [5.74, 6) is 0.142. The third-order valence-electron chi connectivity index (χ3n) is 4.24. The number of piperidine rings is 1. The molecule has 5 heteroatoms. The Kier molecular flexibility index (Phi) is 6.59. The zero-order valence-electron chi connectivity index (χ0n) is 13.8. The standard InChI is InChI=1S/C18H27N3O2/c1-2-7-17(22)20-15-10-6-11-21(13-15)18(23)12-16(19)14-8-4-3-5-9-14/h3-5,8-9,15-16H,2,6-7,10-13,19H2,1H3,(H,20,22). The van der Waals surface area contributed by atoms with Crippen LogP contribution in [0.3, 0.4) is 0 Å². The Labute approximate surface area is 138 Å². The molecule has 2 rings (SSSR count). The highest BCUT2D eigenvalue weighted by molar-refractivity contribution is 5.78. The summed E-state index contributed by atoms with van der Waals surface area (Å²) in [6, 6.07) is 9.48. The quantitative estimate of drug-likeness (QED) is 0.842. The van der Waals surface area contributed by atoms with E-state index in [-0.39, 0.29) is 23.9 Å². The van der Waals surface area contributed by atoms with E-state index >= 15 is 0 Å². The molecule has 0 saturated carbocycles. The zero-order valence-corrected chi connectivity index (χ0v) is 13.8. The number of hydrogen-bond acceptors (Lipinski definition) is 3. The van der Waals surface area contributed by atoms with E-state index in [4.69, 9.17) is 5.73 Å². The molecule has 5 nitrogen and oxygen atoms in total. The third kappa shape index (κ3) is 5.36. The molecule has 0 radical (unpaired) electrons. The minimum Gasteiger partial charge on any atom is -0.352 e. The maximum Gasteiger partial charge on any atom is 0.224 e. The van der Waals surface area contributed by atoms with Crippen LogP contribution >= 0.6 is 0 Å². The molecule has 3 N–H and O–H groups in total. The van der Waals surface area contributed by atoms with Gasteiger partial charge in [0.2, 0.25) is 11.8 Å². The number of nitrogens with two attached hydrogens (primary N) is 1. The number of benzene rings is 1. The molecule has 1 aliphatic rings. The first-order valence-corrected chi connectivity index (χ1v) is 8.47. The van der Waals surface area contributed by atoms with Gasteiger partial charge in [-0.1, -0.05) is 37.3 Å². The predicted octanol–water partition coefficient (Wildman–Crippen LogP) is 1.98. The van der Waals surface area contributed by atoms with E-state index < -0.39 is 0 Å². The Morgan fingerprint density at radius 3 is 2.78 bits per heavy atom. The number of hydrogen-bond donors (Lipinski definition) is 2. The fourth-order valence-electron chi connectivity index (χ4n) is 2.98. The van der Waals surface area contributed by atoms with Crippen LogP contribution in [0.2, 0.25) is 0 Å². The lowest BCUT2D eigenvalue weighted by molar-refractivity contribution is -0.134. The van der Waals surface area contributed by atoms with Gasteiger partial charge in [-0.2, -0.15) is 0 Å². The van der Waals surface area contributed by atoms with Crippen LogP contribution in [-0.4, -0.2) is 35.8 Å². The van der Waals surface area contributed by atoms with E-state index in [0.717, 1.165) is 31.4 Å². The van der Waals surface area contributed by atoms with E-state index in [1.54, 1.807) is 0 Å². The average Bonchev–Trinajstić information content (AvgIpc) is 2.56. The molecule has 2 atom stereocenters. The number of amides is 2. The number of rotatable bonds is 6. The number of carbonyl (C=O) groups excluding carboxylic acids is 2. The van der Waals surface area contributed by atoms with Gasteiger partial charge in [0, 0.05) is 38.0 Å². The summed E-state index contributed by atoms with van der Waals surface area (Å²) in [6.45, 7) is 3.33. The second-order valence-electron chi connectivity index (χ2n) is 6.22. The summed E-state index contributed by atoms with van der Waals surface area (Å²) >= 11 is 0. The third-order valence-corrected chi connectivity index (χ3v) is 4.24. The summed E-state index contributed by atoms with van der Waals surface area (Å²) in [5, 5.41) is 3.03. The van der Waals surface area contributed by atoms with Gasteiger partial charge in [-0.05, 0) is 24.8 Å². The first-order chi connectivity index (χ1) is 11.1. The van der Waals surface area contributed by atoms with Crippen LogP contribution in [0.15, 0.2) is 30.3 Å². The maximum absolute atomic E-state index is 12.5. The van der Waals surface area contributed by atoms with Gasteiger partial charge in [-0.3, -0.25) is 9.59 Å². The Hall–Kier alpha value is -1.88. The smallest absolute Gasteiger partial charge is 0.224 e. The van der Waals surface area contributed by atoms with Gasteiger partial charge >= 0.3 is 0 Å². The molecule has 2 amide bonds.